The normalized spacial score (nSPS) is 14.2. The van der Waals surface area contributed by atoms with Crippen molar-refractivity contribution in [1.29, 1.82) is 0 Å². The highest BCUT2D eigenvalue weighted by Gasteiger charge is 2.34. The SMILES string of the molecule is CC.CC(C)C.CCC(=O)O.CNC(=O)CNC(=O)CNC(=O)C(NC(=O)CNC(=O)C1CCCN1C(=O)CNC(C)=O)C(C)O. The van der Waals surface area contributed by atoms with Gasteiger partial charge in [0, 0.05) is 26.9 Å². The summed E-state index contributed by atoms with van der Waals surface area (Å²) in [5, 5.41) is 31.4. The molecule has 1 rings (SSSR count). The van der Waals surface area contributed by atoms with Gasteiger partial charge < -0.3 is 47.0 Å². The highest BCUT2D eigenvalue weighted by molar-refractivity contribution is 5.94. The summed E-state index contributed by atoms with van der Waals surface area (Å²) < 4.78 is 0. The molecule has 3 unspecified atom stereocenters. The molecule has 1 heterocycles. The van der Waals surface area contributed by atoms with Crippen LogP contribution in [0.3, 0.4) is 0 Å². The van der Waals surface area contributed by atoms with E-state index < -0.39 is 72.7 Å². The lowest BCUT2D eigenvalue weighted by Crippen LogP contribution is -2.56. The zero-order valence-corrected chi connectivity index (χ0v) is 28.6. The van der Waals surface area contributed by atoms with Crippen molar-refractivity contribution in [3.05, 3.63) is 0 Å². The van der Waals surface area contributed by atoms with Crippen LogP contribution in [0.2, 0.25) is 0 Å². The molecule has 266 valence electrons. The molecule has 0 aromatic heterocycles. The summed E-state index contributed by atoms with van der Waals surface area (Å²) in [5.41, 5.74) is 0. The number of carboxylic acid groups (broad SMARTS) is 1. The van der Waals surface area contributed by atoms with Crippen LogP contribution in [0, 0.1) is 5.92 Å². The van der Waals surface area contributed by atoms with Crippen molar-refractivity contribution in [3.8, 4) is 0 Å². The Morgan fingerprint density at radius 2 is 1.30 bits per heavy atom. The quantitative estimate of drug-likeness (QED) is 0.110. The smallest absolute Gasteiger partial charge is 0.303 e. The average Bonchev–Trinajstić information content (AvgIpc) is 3.50. The summed E-state index contributed by atoms with van der Waals surface area (Å²) >= 11 is 0. The number of rotatable bonds is 13. The molecular formula is C29H55N7O10. The maximum absolute atomic E-state index is 12.5. The third-order valence-electron chi connectivity index (χ3n) is 5.32. The van der Waals surface area contributed by atoms with E-state index >= 15 is 0 Å². The number of aliphatic hydroxyl groups is 1. The molecule has 0 aromatic rings. The molecular weight excluding hydrogens is 606 g/mol. The number of nitrogens with one attached hydrogen (secondary N) is 6. The Morgan fingerprint density at radius 1 is 0.804 bits per heavy atom. The van der Waals surface area contributed by atoms with E-state index in [2.05, 4.69) is 52.7 Å². The summed E-state index contributed by atoms with van der Waals surface area (Å²) in [6.45, 7) is 13.4. The summed E-state index contributed by atoms with van der Waals surface area (Å²) in [7, 11) is 1.40. The zero-order chi connectivity index (χ0) is 36.4. The fourth-order valence-electron chi connectivity index (χ4n) is 3.16. The van der Waals surface area contributed by atoms with E-state index in [4.69, 9.17) is 5.11 Å². The fraction of sp³-hybridized carbons (Fsp3) is 0.724. The molecule has 17 heteroatoms. The van der Waals surface area contributed by atoms with Crippen LogP contribution in [0.5, 0.6) is 0 Å². The van der Waals surface area contributed by atoms with Crippen molar-refractivity contribution in [2.75, 3.05) is 39.8 Å². The van der Waals surface area contributed by atoms with Gasteiger partial charge in [-0.2, -0.15) is 0 Å². The van der Waals surface area contributed by atoms with E-state index in [0.29, 0.717) is 19.4 Å². The summed E-state index contributed by atoms with van der Waals surface area (Å²) in [4.78, 5) is 93.7. The van der Waals surface area contributed by atoms with Crippen molar-refractivity contribution in [2.24, 2.45) is 5.92 Å². The van der Waals surface area contributed by atoms with Gasteiger partial charge in [-0.05, 0) is 25.7 Å². The third kappa shape index (κ3) is 24.1. The van der Waals surface area contributed by atoms with Gasteiger partial charge in [0.25, 0.3) is 0 Å². The fourth-order valence-corrected chi connectivity index (χ4v) is 3.16. The lowest BCUT2D eigenvalue weighted by molar-refractivity contribution is -0.139. The zero-order valence-electron chi connectivity index (χ0n) is 28.6. The molecule has 0 radical (unpaired) electrons. The molecule has 1 fully saturated rings. The van der Waals surface area contributed by atoms with E-state index in [1.54, 1.807) is 6.92 Å². The number of likely N-dealkylation sites (N-methyl/N-ethyl adjacent to an activating group) is 1. The van der Waals surface area contributed by atoms with Gasteiger partial charge in [0.2, 0.25) is 41.4 Å². The molecule has 1 aliphatic rings. The van der Waals surface area contributed by atoms with Crippen LogP contribution < -0.4 is 31.9 Å². The minimum absolute atomic E-state index is 0.222. The number of amides is 7. The number of aliphatic carboxylic acids is 1. The first kappa shape index (κ1) is 46.1. The van der Waals surface area contributed by atoms with Crippen molar-refractivity contribution in [1.82, 2.24) is 36.8 Å². The van der Waals surface area contributed by atoms with Crippen LogP contribution in [-0.2, 0) is 38.4 Å². The minimum atomic E-state index is -1.41. The van der Waals surface area contributed by atoms with E-state index in [9.17, 15) is 43.5 Å². The second-order valence-corrected chi connectivity index (χ2v) is 10.3. The second kappa shape index (κ2) is 27.1. The number of hydrogen-bond acceptors (Lipinski definition) is 9. The number of hydrogen-bond donors (Lipinski definition) is 8. The number of nitrogens with zero attached hydrogens (tertiary/aromatic N) is 1. The van der Waals surface area contributed by atoms with Gasteiger partial charge in [-0.1, -0.05) is 41.5 Å². The van der Waals surface area contributed by atoms with Crippen molar-refractivity contribution in [2.45, 2.75) is 92.8 Å². The Labute approximate surface area is 271 Å². The van der Waals surface area contributed by atoms with Crippen LogP contribution in [0.1, 0.15) is 74.7 Å². The summed E-state index contributed by atoms with van der Waals surface area (Å²) in [5.74, 6) is -4.00. The monoisotopic (exact) mass is 661 g/mol. The Morgan fingerprint density at radius 3 is 1.76 bits per heavy atom. The van der Waals surface area contributed by atoms with E-state index in [1.165, 1.54) is 25.8 Å². The molecule has 8 N–H and O–H groups in total. The Balaban J connectivity index is -0.00000145. The maximum Gasteiger partial charge on any atom is 0.303 e. The Bertz CT molecular complexity index is 987. The van der Waals surface area contributed by atoms with Crippen molar-refractivity contribution >= 4 is 47.3 Å². The molecule has 0 aromatic carbocycles. The topological polar surface area (TPSA) is 252 Å². The van der Waals surface area contributed by atoms with Gasteiger partial charge in [-0.15, -0.1) is 0 Å². The van der Waals surface area contributed by atoms with E-state index in [1.807, 2.05) is 13.8 Å². The van der Waals surface area contributed by atoms with E-state index in [-0.39, 0.29) is 25.4 Å². The van der Waals surface area contributed by atoms with Crippen molar-refractivity contribution < 1.29 is 48.6 Å². The molecule has 46 heavy (non-hydrogen) atoms. The highest BCUT2D eigenvalue weighted by atomic mass is 16.4. The molecule has 0 spiro atoms. The summed E-state index contributed by atoms with van der Waals surface area (Å²) in [6, 6.07) is -2.21. The first-order valence-electron chi connectivity index (χ1n) is 15.2. The van der Waals surface area contributed by atoms with E-state index in [0.717, 1.165) is 5.92 Å². The lowest BCUT2D eigenvalue weighted by Gasteiger charge is -2.24. The summed E-state index contributed by atoms with van der Waals surface area (Å²) in [6.07, 6.45) is -0.128. The maximum atomic E-state index is 12.5. The van der Waals surface area contributed by atoms with Crippen LogP contribution in [0.4, 0.5) is 0 Å². The molecule has 0 saturated carbocycles. The van der Waals surface area contributed by atoms with Crippen LogP contribution in [-0.4, -0.2) is 120 Å². The molecule has 7 amide bonds. The minimum Gasteiger partial charge on any atom is -0.481 e. The highest BCUT2D eigenvalue weighted by Crippen LogP contribution is 2.17. The molecule has 17 nitrogen and oxygen atoms in total. The van der Waals surface area contributed by atoms with Crippen LogP contribution >= 0.6 is 0 Å². The number of carbonyl (C=O) groups excluding carboxylic acids is 7. The predicted molar refractivity (Wildman–Crippen MR) is 170 cm³/mol. The van der Waals surface area contributed by atoms with Crippen molar-refractivity contribution in [3.63, 3.8) is 0 Å². The molecule has 1 aliphatic heterocycles. The van der Waals surface area contributed by atoms with Gasteiger partial charge in [0.1, 0.15) is 12.1 Å². The second-order valence-electron chi connectivity index (χ2n) is 10.3. The van der Waals surface area contributed by atoms with Gasteiger partial charge in [-0.3, -0.25) is 38.4 Å². The predicted octanol–water partition coefficient (Wildman–Crippen LogP) is -1.76. The number of carboxylic acids is 1. The van der Waals surface area contributed by atoms with Gasteiger partial charge in [0.15, 0.2) is 0 Å². The molecule has 0 aliphatic carbocycles. The number of carbonyl (C=O) groups is 8. The van der Waals surface area contributed by atoms with Crippen LogP contribution in [0.15, 0.2) is 0 Å². The lowest BCUT2D eigenvalue weighted by atomic mass is 10.1. The van der Waals surface area contributed by atoms with Gasteiger partial charge in [0.05, 0.1) is 32.3 Å². The standard InChI is InChI=1S/C20H33N7O8.C4H10.C3H6O2.C2H6/c1-11(28)18(20(35)25-8-15(31)23-7-14(30)21-3)26-16(32)9-24-19(34)13-5-4-6-27(13)17(33)10-22-12(2)29;1-4(2)3;1-2-3(4)5;1-2/h11,13,18,28H,4-10H2,1-3H3,(H,21,30)(H,22,29)(H,23,31)(H,24,34)(H,25,35)(H,26,32);4H,1-3H3;2H2,1H3,(H,4,5);1-2H3. The molecule has 0 bridgehead atoms. The third-order valence-corrected chi connectivity index (χ3v) is 5.32. The largest absolute Gasteiger partial charge is 0.481 e. The number of aliphatic hydroxyl groups excluding tert-OH is 1. The first-order valence-corrected chi connectivity index (χ1v) is 15.2. The number of likely N-dealkylation sites (tertiary alicyclic amines) is 1. The molecule has 3 atom stereocenters. The first-order chi connectivity index (χ1) is 21.5. The van der Waals surface area contributed by atoms with Gasteiger partial charge in [-0.25, -0.2) is 0 Å². The van der Waals surface area contributed by atoms with Crippen LogP contribution in [0.25, 0.3) is 0 Å². The van der Waals surface area contributed by atoms with Gasteiger partial charge >= 0.3 is 5.97 Å². The Kier molecular flexibility index (Phi) is 27.1. The Hall–Kier alpha value is -4.28. The molecule has 1 saturated heterocycles. The average molecular weight is 662 g/mol.